The summed E-state index contributed by atoms with van der Waals surface area (Å²) in [6.07, 6.45) is 5.78. The molecule has 2 saturated carbocycles. The Morgan fingerprint density at radius 2 is 1.89 bits per heavy atom. The van der Waals surface area contributed by atoms with Crippen molar-refractivity contribution in [2.75, 3.05) is 0 Å². The minimum atomic E-state index is -0.502. The van der Waals surface area contributed by atoms with Gasteiger partial charge in [-0.1, -0.05) is 41.3 Å². The van der Waals surface area contributed by atoms with E-state index in [2.05, 4.69) is 43.0 Å². The molecule has 0 heterocycles. The molecule has 0 aliphatic heterocycles. The minimum absolute atomic E-state index is 0.447. The van der Waals surface area contributed by atoms with E-state index in [1.54, 1.807) is 11.8 Å². The fourth-order valence-corrected chi connectivity index (χ4v) is 3.34. The van der Waals surface area contributed by atoms with Gasteiger partial charge in [0.25, 0.3) is 0 Å². The number of carbonyl (C=O) groups is 1. The molecule has 0 amide bonds. The van der Waals surface area contributed by atoms with Crippen molar-refractivity contribution in [2.45, 2.75) is 42.2 Å². The Hall–Kier alpha value is -1.20. The predicted octanol–water partition coefficient (Wildman–Crippen LogP) is 3.85. The van der Waals surface area contributed by atoms with Crippen molar-refractivity contribution >= 4 is 18.0 Å². The lowest BCUT2D eigenvalue weighted by molar-refractivity contribution is -0.109. The van der Waals surface area contributed by atoms with E-state index in [0.29, 0.717) is 11.8 Å². The van der Waals surface area contributed by atoms with Crippen LogP contribution in [0.15, 0.2) is 29.2 Å². The van der Waals surface area contributed by atoms with Crippen LogP contribution in [0.1, 0.15) is 31.2 Å². The zero-order valence-corrected chi connectivity index (χ0v) is 12.0. The van der Waals surface area contributed by atoms with Crippen molar-refractivity contribution in [3.05, 3.63) is 29.8 Å². The fraction of sp³-hybridized carbons (Fsp3) is 0.471. The van der Waals surface area contributed by atoms with E-state index in [9.17, 15) is 4.79 Å². The Morgan fingerprint density at radius 3 is 2.42 bits per heavy atom. The number of rotatable bonds is 4. The van der Waals surface area contributed by atoms with Gasteiger partial charge in [-0.3, -0.25) is 0 Å². The van der Waals surface area contributed by atoms with Gasteiger partial charge in [0.2, 0.25) is 0 Å². The summed E-state index contributed by atoms with van der Waals surface area (Å²) in [6, 6.07) is 8.39. The van der Waals surface area contributed by atoms with Crippen molar-refractivity contribution in [3.63, 3.8) is 0 Å². The molecule has 0 aromatic heterocycles. The van der Waals surface area contributed by atoms with E-state index in [-0.39, 0.29) is 0 Å². The van der Waals surface area contributed by atoms with Gasteiger partial charge >= 0.3 is 0 Å². The summed E-state index contributed by atoms with van der Waals surface area (Å²) in [6.45, 7) is 2.08. The van der Waals surface area contributed by atoms with Crippen LogP contribution in [0.25, 0.3) is 0 Å². The van der Waals surface area contributed by atoms with E-state index < -0.39 is 4.75 Å². The van der Waals surface area contributed by atoms with Crippen LogP contribution in [-0.4, -0.2) is 11.0 Å². The van der Waals surface area contributed by atoms with Crippen molar-refractivity contribution in [3.8, 4) is 11.8 Å². The third-order valence-corrected chi connectivity index (χ3v) is 5.09. The van der Waals surface area contributed by atoms with Gasteiger partial charge in [0.05, 0.1) is 0 Å². The molecule has 2 aliphatic rings. The van der Waals surface area contributed by atoms with E-state index in [1.165, 1.54) is 18.4 Å². The van der Waals surface area contributed by atoms with Gasteiger partial charge in [-0.05, 0) is 50.7 Å². The van der Waals surface area contributed by atoms with Gasteiger partial charge in [0, 0.05) is 10.8 Å². The first-order valence-electron chi connectivity index (χ1n) is 6.96. The smallest absolute Gasteiger partial charge is 0.148 e. The highest BCUT2D eigenvalue weighted by Gasteiger charge is 2.45. The molecule has 1 nitrogen and oxygen atoms in total. The van der Waals surface area contributed by atoms with Crippen LogP contribution >= 0.6 is 11.8 Å². The molecule has 3 rings (SSSR count). The molecule has 1 unspecified atom stereocenters. The molecule has 1 aromatic rings. The molecule has 0 radical (unpaired) electrons. The highest BCUT2D eigenvalue weighted by atomic mass is 32.2. The average Bonchev–Trinajstić information content (AvgIpc) is 3.30. The Morgan fingerprint density at radius 1 is 1.21 bits per heavy atom. The van der Waals surface area contributed by atoms with Crippen LogP contribution in [0.3, 0.4) is 0 Å². The van der Waals surface area contributed by atoms with Crippen molar-refractivity contribution in [1.82, 2.24) is 0 Å². The summed E-state index contributed by atoms with van der Waals surface area (Å²) < 4.78 is -0.502. The first-order chi connectivity index (χ1) is 9.22. The minimum Gasteiger partial charge on any atom is -0.301 e. The summed E-state index contributed by atoms with van der Waals surface area (Å²) in [5, 5.41) is 0. The molecule has 0 spiro atoms. The van der Waals surface area contributed by atoms with Gasteiger partial charge in [-0.25, -0.2) is 0 Å². The van der Waals surface area contributed by atoms with Gasteiger partial charge < -0.3 is 4.79 Å². The maximum Gasteiger partial charge on any atom is 0.148 e. The largest absolute Gasteiger partial charge is 0.301 e. The SMILES string of the molecule is Cc1ccc(SC(C#CC2CC2)(C=O)C2CC2)cc1. The molecule has 0 saturated heterocycles. The normalized spacial score (nSPS) is 21.1. The van der Waals surface area contributed by atoms with E-state index in [4.69, 9.17) is 0 Å². The molecule has 1 atom stereocenters. The fourth-order valence-electron chi connectivity index (χ4n) is 2.12. The van der Waals surface area contributed by atoms with Crippen LogP contribution in [0.5, 0.6) is 0 Å². The summed E-state index contributed by atoms with van der Waals surface area (Å²) in [5.74, 6) is 7.61. The maximum atomic E-state index is 11.7. The summed E-state index contributed by atoms with van der Waals surface area (Å²) in [4.78, 5) is 12.8. The van der Waals surface area contributed by atoms with Gasteiger partial charge in [0.15, 0.2) is 0 Å². The Balaban J connectivity index is 1.84. The molecule has 0 bridgehead atoms. The molecule has 19 heavy (non-hydrogen) atoms. The van der Waals surface area contributed by atoms with E-state index in [0.717, 1.165) is 24.0 Å². The summed E-state index contributed by atoms with van der Waals surface area (Å²) in [5.41, 5.74) is 1.25. The molecule has 2 aliphatic carbocycles. The number of hydrogen-bond donors (Lipinski definition) is 0. The first-order valence-corrected chi connectivity index (χ1v) is 7.78. The molecule has 98 valence electrons. The van der Waals surface area contributed by atoms with Crippen LogP contribution in [0.4, 0.5) is 0 Å². The van der Waals surface area contributed by atoms with Crippen molar-refractivity contribution < 1.29 is 4.79 Å². The highest BCUT2D eigenvalue weighted by molar-refractivity contribution is 8.01. The average molecular weight is 270 g/mol. The summed E-state index contributed by atoms with van der Waals surface area (Å²) >= 11 is 1.64. The van der Waals surface area contributed by atoms with Crippen molar-refractivity contribution in [1.29, 1.82) is 0 Å². The van der Waals surface area contributed by atoms with Crippen LogP contribution in [0.2, 0.25) is 0 Å². The third-order valence-electron chi connectivity index (χ3n) is 3.72. The lowest BCUT2D eigenvalue weighted by Crippen LogP contribution is -2.27. The lowest BCUT2D eigenvalue weighted by Gasteiger charge is -2.21. The third kappa shape index (κ3) is 3.04. The zero-order chi connectivity index (χ0) is 13.3. The number of aldehydes is 1. The quantitative estimate of drug-likeness (QED) is 0.469. The number of aryl methyl sites for hydroxylation is 1. The monoisotopic (exact) mass is 270 g/mol. The highest BCUT2D eigenvalue weighted by Crippen LogP contribution is 2.49. The first kappa shape index (κ1) is 12.8. The Bertz CT molecular complexity index is 529. The molecular formula is C17H18OS. The van der Waals surface area contributed by atoms with E-state index >= 15 is 0 Å². The summed E-state index contributed by atoms with van der Waals surface area (Å²) in [7, 11) is 0. The standard InChI is InChI=1S/C17H18OS/c1-13-2-8-16(9-3-13)19-17(12-18,15-6-7-15)11-10-14-4-5-14/h2-3,8-9,12,14-15H,4-7H2,1H3. The second kappa shape index (κ2) is 5.06. The zero-order valence-electron chi connectivity index (χ0n) is 11.2. The van der Waals surface area contributed by atoms with Crippen LogP contribution in [0, 0.1) is 30.6 Å². The Kier molecular flexibility index (Phi) is 3.41. The molecule has 0 N–H and O–H groups in total. The van der Waals surface area contributed by atoms with Crippen LogP contribution in [-0.2, 0) is 4.79 Å². The van der Waals surface area contributed by atoms with Crippen LogP contribution < -0.4 is 0 Å². The Labute approximate surface area is 119 Å². The predicted molar refractivity (Wildman–Crippen MR) is 79.1 cm³/mol. The lowest BCUT2D eigenvalue weighted by atomic mass is 10.1. The topological polar surface area (TPSA) is 17.1 Å². The number of carbonyl (C=O) groups excluding carboxylic acids is 1. The van der Waals surface area contributed by atoms with Gasteiger partial charge in [-0.2, -0.15) is 0 Å². The van der Waals surface area contributed by atoms with Crippen molar-refractivity contribution in [2.24, 2.45) is 11.8 Å². The number of benzene rings is 1. The maximum absolute atomic E-state index is 11.7. The molecule has 2 fully saturated rings. The van der Waals surface area contributed by atoms with E-state index in [1.807, 2.05) is 0 Å². The molecule has 2 heteroatoms. The second-order valence-corrected chi connectivity index (χ2v) is 7.00. The molecular weight excluding hydrogens is 252 g/mol. The van der Waals surface area contributed by atoms with Gasteiger partial charge in [0.1, 0.15) is 11.0 Å². The number of hydrogen-bond acceptors (Lipinski definition) is 2. The molecule has 1 aromatic carbocycles. The second-order valence-electron chi connectivity index (χ2n) is 5.64. The van der Waals surface area contributed by atoms with Gasteiger partial charge in [-0.15, -0.1) is 0 Å². The number of thioether (sulfide) groups is 1.